The van der Waals surface area contributed by atoms with Gasteiger partial charge in [-0.3, -0.25) is 0 Å². The van der Waals surface area contributed by atoms with E-state index in [0.717, 1.165) is 36.0 Å². The van der Waals surface area contributed by atoms with Gasteiger partial charge in [-0.25, -0.2) is 4.79 Å². The first kappa shape index (κ1) is 22.9. The normalized spacial score (nSPS) is 19.0. The van der Waals surface area contributed by atoms with Crippen LogP contribution in [-0.4, -0.2) is 46.3 Å². The van der Waals surface area contributed by atoms with E-state index in [2.05, 4.69) is 21.5 Å². The van der Waals surface area contributed by atoms with E-state index in [-0.39, 0.29) is 24.2 Å². The molecule has 1 aliphatic heterocycles. The molecule has 2 unspecified atom stereocenters. The number of carbonyl (C=O) groups excluding carboxylic acids is 1. The minimum atomic E-state index is -0.0683. The average Bonchev–Trinajstić information content (AvgIpc) is 3.59. The second kappa shape index (κ2) is 9.39. The predicted octanol–water partition coefficient (Wildman–Crippen LogP) is 3.79. The van der Waals surface area contributed by atoms with E-state index >= 15 is 0 Å². The van der Waals surface area contributed by atoms with Crippen molar-refractivity contribution < 1.29 is 14.1 Å². The number of carbonyl (C=O) groups is 1. The lowest BCUT2D eigenvalue weighted by Crippen LogP contribution is -2.41. The zero-order valence-corrected chi connectivity index (χ0v) is 19.8. The summed E-state index contributed by atoms with van der Waals surface area (Å²) in [6.45, 7) is 5.11. The first-order valence-corrected chi connectivity index (χ1v) is 11.9. The monoisotopic (exact) mass is 472 g/mol. The summed E-state index contributed by atoms with van der Waals surface area (Å²) < 4.78 is 11.3. The highest BCUT2D eigenvalue weighted by Crippen LogP contribution is 2.38. The van der Waals surface area contributed by atoms with Crippen LogP contribution in [0.4, 0.5) is 4.79 Å². The largest absolute Gasteiger partial charge is 0.490 e. The maximum absolute atomic E-state index is 12.7. The maximum Gasteiger partial charge on any atom is 0.317 e. The number of ether oxygens (including phenoxy) is 1. The van der Waals surface area contributed by atoms with Crippen molar-refractivity contribution in [2.45, 2.75) is 51.3 Å². The number of likely N-dealkylation sites (tertiary alicyclic amines) is 1. The van der Waals surface area contributed by atoms with Gasteiger partial charge in [-0.05, 0) is 62.4 Å². The summed E-state index contributed by atoms with van der Waals surface area (Å²) in [5.41, 5.74) is 10.1. The molecule has 9 nitrogen and oxygen atoms in total. The van der Waals surface area contributed by atoms with Crippen LogP contribution in [-0.2, 0) is 6.42 Å². The van der Waals surface area contributed by atoms with E-state index in [1.54, 1.807) is 23.1 Å². The first-order chi connectivity index (χ1) is 16.9. The van der Waals surface area contributed by atoms with Crippen molar-refractivity contribution in [1.29, 1.82) is 5.26 Å². The molecule has 0 bridgehead atoms. The highest BCUT2D eigenvalue weighted by Gasteiger charge is 2.30. The third-order valence-electron chi connectivity index (χ3n) is 6.46. The zero-order chi connectivity index (χ0) is 24.5. The molecule has 0 spiro atoms. The summed E-state index contributed by atoms with van der Waals surface area (Å²) >= 11 is 0. The van der Waals surface area contributed by atoms with Gasteiger partial charge in [-0.2, -0.15) is 10.2 Å². The Kier molecular flexibility index (Phi) is 6.14. The second-order valence-corrected chi connectivity index (χ2v) is 9.32. The van der Waals surface area contributed by atoms with E-state index in [1.807, 2.05) is 32.0 Å². The summed E-state index contributed by atoms with van der Waals surface area (Å²) in [6.07, 6.45) is 2.41. The fraction of sp³-hybridized carbons (Fsp3) is 0.385. The molecular formula is C26H28N6O3. The molecule has 1 fully saturated rings. The van der Waals surface area contributed by atoms with Gasteiger partial charge >= 0.3 is 6.03 Å². The number of rotatable bonds is 5. The molecule has 1 aromatic heterocycles. The fourth-order valence-corrected chi connectivity index (χ4v) is 4.78. The molecule has 3 aromatic rings. The number of nitrogens with zero attached hydrogens (tertiary/aromatic N) is 4. The van der Waals surface area contributed by atoms with Crippen LogP contribution in [0.1, 0.15) is 49.4 Å². The van der Waals surface area contributed by atoms with Crippen molar-refractivity contribution in [2.24, 2.45) is 5.73 Å². The van der Waals surface area contributed by atoms with Crippen LogP contribution >= 0.6 is 0 Å². The van der Waals surface area contributed by atoms with Crippen LogP contribution in [0.25, 0.3) is 22.8 Å². The Balaban J connectivity index is 1.37. The lowest BCUT2D eigenvalue weighted by Gasteiger charge is -2.21. The maximum atomic E-state index is 12.7. The van der Waals surface area contributed by atoms with E-state index in [9.17, 15) is 10.1 Å². The van der Waals surface area contributed by atoms with Crippen molar-refractivity contribution in [3.05, 3.63) is 53.1 Å². The van der Waals surface area contributed by atoms with Gasteiger partial charge in [0, 0.05) is 30.3 Å². The van der Waals surface area contributed by atoms with Crippen molar-refractivity contribution in [2.75, 3.05) is 13.1 Å². The van der Waals surface area contributed by atoms with Crippen molar-refractivity contribution in [3.63, 3.8) is 0 Å². The van der Waals surface area contributed by atoms with Crippen LogP contribution in [0, 0.1) is 11.3 Å². The molecule has 3 N–H and O–H groups in total. The second-order valence-electron chi connectivity index (χ2n) is 9.32. The number of benzene rings is 2. The van der Waals surface area contributed by atoms with E-state index in [0.29, 0.717) is 41.7 Å². The van der Waals surface area contributed by atoms with Gasteiger partial charge in [0.05, 0.1) is 17.7 Å². The Morgan fingerprint density at radius 1 is 1.31 bits per heavy atom. The Labute approximate surface area is 203 Å². The van der Waals surface area contributed by atoms with Gasteiger partial charge in [0.25, 0.3) is 5.89 Å². The molecule has 1 saturated heterocycles. The minimum Gasteiger partial charge on any atom is -0.490 e. The van der Waals surface area contributed by atoms with Gasteiger partial charge in [0.1, 0.15) is 11.8 Å². The quantitative estimate of drug-likeness (QED) is 0.578. The van der Waals surface area contributed by atoms with E-state index < -0.39 is 0 Å². The number of amides is 2. The number of nitrogens with two attached hydrogens (primary N) is 1. The van der Waals surface area contributed by atoms with Gasteiger partial charge in [-0.1, -0.05) is 23.4 Å². The highest BCUT2D eigenvalue weighted by atomic mass is 16.5. The molecule has 9 heteroatoms. The number of nitrogens with one attached hydrogen (secondary N) is 1. The van der Waals surface area contributed by atoms with Gasteiger partial charge in [0.2, 0.25) is 5.82 Å². The first-order valence-electron chi connectivity index (χ1n) is 11.9. The molecule has 180 valence electrons. The average molecular weight is 473 g/mol. The smallest absolute Gasteiger partial charge is 0.317 e. The van der Waals surface area contributed by atoms with E-state index in [4.69, 9.17) is 15.0 Å². The number of urea groups is 1. The van der Waals surface area contributed by atoms with Gasteiger partial charge in [-0.15, -0.1) is 0 Å². The summed E-state index contributed by atoms with van der Waals surface area (Å²) in [7, 11) is 0. The summed E-state index contributed by atoms with van der Waals surface area (Å²) in [6, 6.07) is 13.3. The standard InChI is InChI=1S/C26H28N6O3/c1-15(2)34-23-9-6-16(12-17(23)13-27)25-30-24(31-35-25)21-5-3-4-20-19(21)7-8-22(20)29-26(33)32-11-10-18(28)14-32/h3-6,9,12,15,18,22H,7-8,10-11,14,28H2,1-2H3,(H,29,33). The molecule has 2 heterocycles. The number of fused-ring (bicyclic) bond motifs is 1. The lowest BCUT2D eigenvalue weighted by atomic mass is 10.0. The SMILES string of the molecule is CC(C)Oc1ccc(-c2nc(-c3cccc4c3CCC4NC(=O)N3CCC(N)C3)no2)cc1C#N. The Bertz CT molecular complexity index is 1290. The molecule has 0 saturated carbocycles. The fourth-order valence-electron chi connectivity index (χ4n) is 4.78. The molecule has 5 rings (SSSR count). The van der Waals surface area contributed by atoms with Crippen LogP contribution in [0.2, 0.25) is 0 Å². The number of hydrogen-bond acceptors (Lipinski definition) is 7. The van der Waals surface area contributed by atoms with Crippen LogP contribution < -0.4 is 15.8 Å². The van der Waals surface area contributed by atoms with Crippen molar-refractivity contribution in [3.8, 4) is 34.7 Å². The molecule has 2 amide bonds. The zero-order valence-electron chi connectivity index (χ0n) is 19.8. The number of hydrogen-bond donors (Lipinski definition) is 2. The van der Waals surface area contributed by atoms with E-state index in [1.165, 1.54) is 0 Å². The number of nitriles is 1. The molecule has 0 radical (unpaired) electrons. The number of aromatic nitrogens is 2. The molecule has 2 aliphatic rings. The van der Waals surface area contributed by atoms with Crippen molar-refractivity contribution in [1.82, 2.24) is 20.4 Å². The minimum absolute atomic E-state index is 0.0373. The molecule has 2 aromatic carbocycles. The van der Waals surface area contributed by atoms with Crippen LogP contribution in [0.15, 0.2) is 40.9 Å². The molecular weight excluding hydrogens is 444 g/mol. The third kappa shape index (κ3) is 4.57. The van der Waals surface area contributed by atoms with Crippen molar-refractivity contribution >= 4 is 6.03 Å². The Morgan fingerprint density at radius 3 is 2.91 bits per heavy atom. The van der Waals surface area contributed by atoms with Crippen LogP contribution in [0.3, 0.4) is 0 Å². The van der Waals surface area contributed by atoms with Crippen LogP contribution in [0.5, 0.6) is 5.75 Å². The van der Waals surface area contributed by atoms with Gasteiger partial charge in [0.15, 0.2) is 0 Å². The molecule has 2 atom stereocenters. The topological polar surface area (TPSA) is 130 Å². The highest BCUT2D eigenvalue weighted by molar-refractivity contribution is 5.76. The molecule has 1 aliphatic carbocycles. The Morgan fingerprint density at radius 2 is 2.17 bits per heavy atom. The Hall–Kier alpha value is -3.90. The summed E-state index contributed by atoms with van der Waals surface area (Å²) in [5.74, 6) is 1.34. The summed E-state index contributed by atoms with van der Waals surface area (Å²) in [4.78, 5) is 19.1. The van der Waals surface area contributed by atoms with Gasteiger partial charge < -0.3 is 25.2 Å². The third-order valence-corrected chi connectivity index (χ3v) is 6.46. The summed E-state index contributed by atoms with van der Waals surface area (Å²) in [5, 5.41) is 16.9. The predicted molar refractivity (Wildman–Crippen MR) is 129 cm³/mol. The molecule has 35 heavy (non-hydrogen) atoms. The lowest BCUT2D eigenvalue weighted by molar-refractivity contribution is 0.204.